The third-order valence-electron chi connectivity index (χ3n) is 2.40. The maximum atomic E-state index is 12.9. The average Bonchev–Trinajstić information content (AvgIpc) is 2.20. The first-order chi connectivity index (χ1) is 7.79. The van der Waals surface area contributed by atoms with Crippen molar-refractivity contribution in [1.29, 1.82) is 0 Å². The number of halogens is 2. The number of rotatable bonds is 5. The van der Waals surface area contributed by atoms with E-state index in [0.29, 0.717) is 18.4 Å². The van der Waals surface area contributed by atoms with Gasteiger partial charge in [-0.25, -0.2) is 17.2 Å². The predicted molar refractivity (Wildman–Crippen MR) is 62.2 cm³/mol. The van der Waals surface area contributed by atoms with Crippen LogP contribution in [0.3, 0.4) is 0 Å². The fourth-order valence-corrected chi connectivity index (χ4v) is 2.17. The normalized spacial score (nSPS) is 13.6. The van der Waals surface area contributed by atoms with E-state index in [1.165, 1.54) is 6.07 Å². The van der Waals surface area contributed by atoms with Gasteiger partial charge in [-0.05, 0) is 30.5 Å². The van der Waals surface area contributed by atoms with E-state index in [-0.39, 0.29) is 5.75 Å². The highest BCUT2D eigenvalue weighted by Gasteiger charge is 2.11. The van der Waals surface area contributed by atoms with Crippen molar-refractivity contribution in [3.8, 4) is 0 Å². The molecule has 17 heavy (non-hydrogen) atoms. The molecule has 6 heteroatoms. The fourth-order valence-electron chi connectivity index (χ4n) is 1.48. The van der Waals surface area contributed by atoms with Crippen molar-refractivity contribution in [3.05, 3.63) is 35.4 Å². The average molecular weight is 263 g/mol. The van der Waals surface area contributed by atoms with E-state index in [2.05, 4.69) is 0 Å². The molecule has 2 N–H and O–H groups in total. The molecular formula is C11H15F2NO2S. The molecule has 0 aliphatic heterocycles. The van der Waals surface area contributed by atoms with Gasteiger partial charge in [0.05, 0.1) is 0 Å². The Kier molecular flexibility index (Phi) is 4.59. The van der Waals surface area contributed by atoms with E-state index in [0.717, 1.165) is 18.4 Å². The van der Waals surface area contributed by atoms with E-state index >= 15 is 0 Å². The summed E-state index contributed by atoms with van der Waals surface area (Å²) in [5, 5.41) is 0. The first kappa shape index (κ1) is 14.1. The molecule has 1 aromatic rings. The lowest BCUT2D eigenvalue weighted by Crippen LogP contribution is -2.13. The molecule has 0 radical (unpaired) electrons. The summed E-state index contributed by atoms with van der Waals surface area (Å²) < 4.78 is 47.4. The van der Waals surface area contributed by atoms with Crippen LogP contribution >= 0.6 is 0 Å². The van der Waals surface area contributed by atoms with Crippen LogP contribution in [-0.2, 0) is 9.84 Å². The van der Waals surface area contributed by atoms with Gasteiger partial charge in [0.2, 0.25) is 0 Å². The van der Waals surface area contributed by atoms with Gasteiger partial charge in [-0.3, -0.25) is 0 Å². The number of sulfone groups is 1. The second-order valence-electron chi connectivity index (χ2n) is 4.05. The number of hydrogen-bond acceptors (Lipinski definition) is 3. The first-order valence-corrected chi connectivity index (χ1v) is 7.24. The lowest BCUT2D eigenvalue weighted by atomic mass is 10.0. The van der Waals surface area contributed by atoms with E-state index in [4.69, 9.17) is 5.73 Å². The van der Waals surface area contributed by atoms with Gasteiger partial charge in [-0.2, -0.15) is 0 Å². The van der Waals surface area contributed by atoms with Gasteiger partial charge < -0.3 is 5.73 Å². The van der Waals surface area contributed by atoms with Crippen LogP contribution < -0.4 is 5.73 Å². The Labute approximate surface area is 99.6 Å². The highest BCUT2D eigenvalue weighted by atomic mass is 32.2. The minimum absolute atomic E-state index is 0.0460. The molecule has 1 atom stereocenters. The van der Waals surface area contributed by atoms with Crippen LogP contribution in [0.4, 0.5) is 8.78 Å². The number of hydrogen-bond donors (Lipinski definition) is 1. The van der Waals surface area contributed by atoms with Crippen molar-refractivity contribution in [2.75, 3.05) is 12.0 Å². The fraction of sp³-hybridized carbons (Fsp3) is 0.455. The molecule has 1 rings (SSSR count). The largest absolute Gasteiger partial charge is 0.324 e. The van der Waals surface area contributed by atoms with Gasteiger partial charge in [0, 0.05) is 18.1 Å². The van der Waals surface area contributed by atoms with Crippen molar-refractivity contribution >= 4 is 9.84 Å². The second-order valence-corrected chi connectivity index (χ2v) is 6.31. The Hall–Kier alpha value is -1.01. The van der Waals surface area contributed by atoms with Gasteiger partial charge in [0.1, 0.15) is 9.84 Å². The zero-order valence-electron chi connectivity index (χ0n) is 9.49. The van der Waals surface area contributed by atoms with Gasteiger partial charge in [-0.15, -0.1) is 0 Å². The maximum absolute atomic E-state index is 12.9. The van der Waals surface area contributed by atoms with E-state index in [1.54, 1.807) is 0 Å². The highest BCUT2D eigenvalue weighted by molar-refractivity contribution is 7.90. The van der Waals surface area contributed by atoms with Gasteiger partial charge in [0.15, 0.2) is 11.6 Å². The molecule has 0 spiro atoms. The smallest absolute Gasteiger partial charge is 0.159 e. The Morgan fingerprint density at radius 1 is 1.29 bits per heavy atom. The SMILES string of the molecule is CS(=O)(=O)CCCC(N)c1ccc(F)c(F)c1. The summed E-state index contributed by atoms with van der Waals surface area (Å²) in [6.07, 6.45) is 1.97. The van der Waals surface area contributed by atoms with Crippen LogP contribution in [0.15, 0.2) is 18.2 Å². The summed E-state index contributed by atoms with van der Waals surface area (Å²) in [5.41, 5.74) is 6.23. The van der Waals surface area contributed by atoms with Crippen molar-refractivity contribution in [1.82, 2.24) is 0 Å². The Morgan fingerprint density at radius 3 is 2.47 bits per heavy atom. The molecule has 1 unspecified atom stereocenters. The molecular weight excluding hydrogens is 248 g/mol. The summed E-state index contributed by atoms with van der Waals surface area (Å²) in [4.78, 5) is 0. The van der Waals surface area contributed by atoms with Crippen LogP contribution in [0, 0.1) is 11.6 Å². The van der Waals surface area contributed by atoms with E-state index < -0.39 is 27.5 Å². The Bertz CT molecular complexity index is 488. The minimum atomic E-state index is -3.01. The summed E-state index contributed by atoms with van der Waals surface area (Å²) in [7, 11) is -3.01. The molecule has 0 saturated carbocycles. The van der Waals surface area contributed by atoms with Crippen molar-refractivity contribution in [2.45, 2.75) is 18.9 Å². The second kappa shape index (κ2) is 5.55. The van der Waals surface area contributed by atoms with Crippen LogP contribution in [0.5, 0.6) is 0 Å². The van der Waals surface area contributed by atoms with Gasteiger partial charge in [-0.1, -0.05) is 6.07 Å². The quantitative estimate of drug-likeness (QED) is 0.881. The first-order valence-electron chi connectivity index (χ1n) is 5.18. The summed E-state index contributed by atoms with van der Waals surface area (Å²) >= 11 is 0. The molecule has 0 heterocycles. The van der Waals surface area contributed by atoms with Crippen molar-refractivity contribution in [2.24, 2.45) is 5.73 Å². The third kappa shape index (κ3) is 4.79. The number of benzene rings is 1. The standard InChI is InChI=1S/C11H15F2NO2S/c1-17(15,16)6-2-3-11(14)8-4-5-9(12)10(13)7-8/h4-5,7,11H,2-3,6,14H2,1H3. The molecule has 0 aliphatic carbocycles. The summed E-state index contributed by atoms with van der Waals surface area (Å²) in [5.74, 6) is -1.82. The van der Waals surface area contributed by atoms with Crippen LogP contribution in [0.25, 0.3) is 0 Å². The lowest BCUT2D eigenvalue weighted by molar-refractivity contribution is 0.503. The lowest BCUT2D eigenvalue weighted by Gasteiger charge is -2.11. The molecule has 3 nitrogen and oxygen atoms in total. The topological polar surface area (TPSA) is 60.2 Å². The molecule has 0 fully saturated rings. The maximum Gasteiger partial charge on any atom is 0.159 e. The van der Waals surface area contributed by atoms with Crippen molar-refractivity contribution in [3.63, 3.8) is 0 Å². The van der Waals surface area contributed by atoms with Gasteiger partial charge in [0.25, 0.3) is 0 Å². The highest BCUT2D eigenvalue weighted by Crippen LogP contribution is 2.18. The Balaban J connectivity index is 2.58. The molecule has 1 aromatic carbocycles. The molecule has 0 bridgehead atoms. The molecule has 96 valence electrons. The van der Waals surface area contributed by atoms with Crippen LogP contribution in [0.1, 0.15) is 24.4 Å². The van der Waals surface area contributed by atoms with Crippen LogP contribution in [-0.4, -0.2) is 20.4 Å². The number of nitrogens with two attached hydrogens (primary N) is 1. The zero-order valence-corrected chi connectivity index (χ0v) is 10.3. The van der Waals surface area contributed by atoms with Gasteiger partial charge >= 0.3 is 0 Å². The van der Waals surface area contributed by atoms with E-state index in [9.17, 15) is 17.2 Å². The van der Waals surface area contributed by atoms with Crippen LogP contribution in [0.2, 0.25) is 0 Å². The molecule has 0 saturated heterocycles. The summed E-state index contributed by atoms with van der Waals surface area (Å²) in [6.45, 7) is 0. The Morgan fingerprint density at radius 2 is 1.94 bits per heavy atom. The predicted octanol–water partition coefficient (Wildman–Crippen LogP) is 1.79. The van der Waals surface area contributed by atoms with E-state index in [1.807, 2.05) is 0 Å². The third-order valence-corrected chi connectivity index (χ3v) is 3.43. The molecule has 0 amide bonds. The molecule has 0 aromatic heterocycles. The van der Waals surface area contributed by atoms with Crippen molar-refractivity contribution < 1.29 is 17.2 Å². The monoisotopic (exact) mass is 263 g/mol. The zero-order chi connectivity index (χ0) is 13.1. The minimum Gasteiger partial charge on any atom is -0.324 e. The summed E-state index contributed by atoms with van der Waals surface area (Å²) in [6, 6.07) is 2.98. The molecule has 0 aliphatic rings.